The van der Waals surface area contributed by atoms with Crippen LogP contribution in [0.1, 0.15) is 79.1 Å². The normalized spacial score (nSPS) is 49.0. The molecule has 4 aliphatic rings. The molecule has 4 aliphatic carbocycles. The number of nitrogens with one attached hydrogen (secondary N) is 1. The van der Waals surface area contributed by atoms with Crippen molar-refractivity contribution in [1.82, 2.24) is 5.32 Å². The summed E-state index contributed by atoms with van der Waals surface area (Å²) in [5, 5.41) is 34.8. The van der Waals surface area contributed by atoms with Crippen LogP contribution in [0.5, 0.6) is 0 Å². The monoisotopic (exact) mass is 457 g/mol. The van der Waals surface area contributed by atoms with Crippen molar-refractivity contribution in [3.8, 4) is 0 Å². The summed E-state index contributed by atoms with van der Waals surface area (Å²) in [5.74, 6) is 1.68. The Bertz CT molecular complexity index is 659. The van der Waals surface area contributed by atoms with Crippen molar-refractivity contribution in [2.45, 2.75) is 97.3 Å². The molecule has 5 unspecified atom stereocenters. The number of rotatable bonds is 5. The van der Waals surface area contributed by atoms with Crippen molar-refractivity contribution >= 4 is 18.4 Å². The summed E-state index contributed by atoms with van der Waals surface area (Å²) in [7, 11) is 0. The lowest BCUT2D eigenvalue weighted by Gasteiger charge is -2.63. The van der Waals surface area contributed by atoms with Crippen LogP contribution < -0.4 is 5.32 Å². The zero-order valence-corrected chi connectivity index (χ0v) is 20.5. The molecule has 0 spiro atoms. The van der Waals surface area contributed by atoms with Gasteiger partial charge >= 0.3 is 5.97 Å². The number of aliphatic carboxylic acids is 1. The Morgan fingerprint density at radius 1 is 1.03 bits per heavy atom. The highest BCUT2D eigenvalue weighted by Gasteiger charge is 2.64. The summed E-state index contributed by atoms with van der Waals surface area (Å²) >= 11 is 0. The molecule has 0 heterocycles. The summed E-state index contributed by atoms with van der Waals surface area (Å²) in [6.45, 7) is 10.1. The average molecular weight is 458 g/mol. The third kappa shape index (κ3) is 4.18. The second-order valence-corrected chi connectivity index (χ2v) is 12.1. The molecule has 0 aliphatic heterocycles. The van der Waals surface area contributed by atoms with E-state index in [1.165, 1.54) is 0 Å². The number of carboxylic acids is 1. The van der Waals surface area contributed by atoms with Crippen molar-refractivity contribution in [2.24, 2.45) is 46.3 Å². The van der Waals surface area contributed by atoms with E-state index in [4.69, 9.17) is 0 Å². The van der Waals surface area contributed by atoms with Crippen LogP contribution in [-0.2, 0) is 4.79 Å². The lowest BCUT2D eigenvalue weighted by molar-refractivity contribution is -0.174. The number of aliphatic hydroxyl groups is 2. The van der Waals surface area contributed by atoms with E-state index in [9.17, 15) is 20.1 Å². The van der Waals surface area contributed by atoms with Crippen LogP contribution in [0.25, 0.3) is 0 Å². The molecule has 4 saturated carbocycles. The van der Waals surface area contributed by atoms with Crippen molar-refractivity contribution in [3.63, 3.8) is 0 Å². The number of fused-ring (bicyclic) bond motifs is 5. The van der Waals surface area contributed by atoms with Gasteiger partial charge in [0.1, 0.15) is 0 Å². The van der Waals surface area contributed by atoms with E-state index in [1.807, 2.05) is 0 Å². The summed E-state index contributed by atoms with van der Waals surface area (Å²) in [6.07, 6.45) is 6.28. The Kier molecular flexibility index (Phi) is 7.43. The maximum atomic E-state index is 12.1. The lowest BCUT2D eigenvalue weighted by Crippen LogP contribution is -2.64. The quantitative estimate of drug-likeness (QED) is 0.499. The minimum atomic E-state index is -0.634. The van der Waals surface area contributed by atoms with Crippen LogP contribution in [0, 0.1) is 46.3 Å². The first kappa shape index (κ1) is 25.3. The Hall–Kier alpha value is -0.360. The standard InChI is InChI=1S/C25H43NO4.ClH/c1-14(2)9-10-26-19-12-25(4)17(7-8-18(25)23(29)30)16-6-5-15-11-20(27)21(28)13-24(15,3)22(16)19;/h14-22,26-28H,5-13H2,1-4H3,(H,29,30);1H/t15?,16-,17-,18?,19?,20?,21?,22-,24-,25-;/m0./s1. The fourth-order valence-electron chi connectivity index (χ4n) is 8.62. The van der Waals surface area contributed by atoms with Gasteiger partial charge in [0.15, 0.2) is 0 Å². The molecule has 0 aromatic heterocycles. The summed E-state index contributed by atoms with van der Waals surface area (Å²) in [6, 6.07) is 0.296. The summed E-state index contributed by atoms with van der Waals surface area (Å²) in [5.41, 5.74) is -0.127. The van der Waals surface area contributed by atoms with Crippen molar-refractivity contribution in [3.05, 3.63) is 0 Å². The predicted octanol–water partition coefficient (Wildman–Crippen LogP) is 4.10. The average Bonchev–Trinajstić information content (AvgIpc) is 2.99. The molecule has 5 nitrogen and oxygen atoms in total. The van der Waals surface area contributed by atoms with Crippen LogP contribution in [0.3, 0.4) is 0 Å². The molecular weight excluding hydrogens is 414 g/mol. The third-order valence-electron chi connectivity index (χ3n) is 10.1. The third-order valence-corrected chi connectivity index (χ3v) is 10.1. The van der Waals surface area contributed by atoms with Crippen molar-refractivity contribution in [1.29, 1.82) is 0 Å². The van der Waals surface area contributed by atoms with Gasteiger partial charge in [-0.3, -0.25) is 4.79 Å². The molecule has 0 saturated heterocycles. The van der Waals surface area contributed by atoms with E-state index in [2.05, 4.69) is 33.0 Å². The molecule has 31 heavy (non-hydrogen) atoms. The highest BCUT2D eigenvalue weighted by Crippen LogP contribution is 2.67. The van der Waals surface area contributed by atoms with Gasteiger partial charge in [-0.25, -0.2) is 0 Å². The number of halogens is 1. The van der Waals surface area contributed by atoms with E-state index < -0.39 is 18.2 Å². The molecule has 0 aromatic carbocycles. The Morgan fingerprint density at radius 2 is 1.74 bits per heavy atom. The Labute approximate surface area is 194 Å². The van der Waals surface area contributed by atoms with Crippen LogP contribution >= 0.6 is 12.4 Å². The molecule has 180 valence electrons. The smallest absolute Gasteiger partial charge is 0.307 e. The van der Waals surface area contributed by atoms with E-state index >= 15 is 0 Å². The molecule has 0 amide bonds. The predicted molar refractivity (Wildman–Crippen MR) is 124 cm³/mol. The van der Waals surface area contributed by atoms with Crippen molar-refractivity contribution < 1.29 is 20.1 Å². The summed E-state index contributed by atoms with van der Waals surface area (Å²) < 4.78 is 0. The van der Waals surface area contributed by atoms with Crippen LogP contribution in [0.4, 0.5) is 0 Å². The lowest BCUT2D eigenvalue weighted by atomic mass is 9.43. The van der Waals surface area contributed by atoms with E-state index in [0.717, 1.165) is 45.1 Å². The fourth-order valence-corrected chi connectivity index (χ4v) is 8.62. The summed E-state index contributed by atoms with van der Waals surface area (Å²) in [4.78, 5) is 12.1. The molecule has 4 fully saturated rings. The minimum Gasteiger partial charge on any atom is -0.481 e. The zero-order valence-electron chi connectivity index (χ0n) is 19.7. The first-order valence-corrected chi connectivity index (χ1v) is 12.4. The van der Waals surface area contributed by atoms with Crippen molar-refractivity contribution in [2.75, 3.05) is 6.54 Å². The maximum absolute atomic E-state index is 12.1. The molecule has 10 atom stereocenters. The van der Waals surface area contributed by atoms with Gasteiger partial charge in [-0.15, -0.1) is 12.4 Å². The zero-order chi connectivity index (χ0) is 21.8. The molecule has 6 heteroatoms. The Balaban J connectivity index is 0.00000272. The minimum absolute atomic E-state index is 0. The van der Waals surface area contributed by atoms with Crippen LogP contribution in [-0.4, -0.2) is 46.1 Å². The molecule has 0 aromatic rings. The number of hydrogen-bond donors (Lipinski definition) is 4. The number of aliphatic hydroxyl groups excluding tert-OH is 2. The van der Waals surface area contributed by atoms with Gasteiger partial charge in [0.05, 0.1) is 18.1 Å². The molecule has 4 rings (SSSR count). The molecule has 0 bridgehead atoms. The second-order valence-electron chi connectivity index (χ2n) is 12.1. The first-order chi connectivity index (χ1) is 14.1. The van der Waals surface area contributed by atoms with Crippen LogP contribution in [0.15, 0.2) is 0 Å². The fraction of sp³-hybridized carbons (Fsp3) is 0.960. The topological polar surface area (TPSA) is 89.8 Å². The van der Waals surface area contributed by atoms with E-state index in [0.29, 0.717) is 48.5 Å². The van der Waals surface area contributed by atoms with Gasteiger partial charge in [0.25, 0.3) is 0 Å². The van der Waals surface area contributed by atoms with Gasteiger partial charge in [-0.1, -0.05) is 27.7 Å². The van der Waals surface area contributed by atoms with E-state index in [-0.39, 0.29) is 29.2 Å². The highest BCUT2D eigenvalue weighted by atomic mass is 35.5. The first-order valence-electron chi connectivity index (χ1n) is 12.4. The largest absolute Gasteiger partial charge is 0.481 e. The van der Waals surface area contributed by atoms with Gasteiger partial charge in [-0.2, -0.15) is 0 Å². The van der Waals surface area contributed by atoms with Gasteiger partial charge in [0, 0.05) is 6.04 Å². The SMILES string of the molecule is CC(C)CCNC1C[C@]2(C)C(C(=O)O)CC[C@H]2[C@@H]2CCC3CC(O)C(O)C[C@]3(C)[C@H]12.Cl. The van der Waals surface area contributed by atoms with Crippen LogP contribution in [0.2, 0.25) is 0 Å². The van der Waals surface area contributed by atoms with Gasteiger partial charge in [0.2, 0.25) is 0 Å². The number of carboxylic acid groups (broad SMARTS) is 1. The van der Waals surface area contributed by atoms with Gasteiger partial charge in [-0.05, 0) is 98.3 Å². The highest BCUT2D eigenvalue weighted by molar-refractivity contribution is 5.85. The molecule has 4 N–H and O–H groups in total. The Morgan fingerprint density at radius 3 is 2.39 bits per heavy atom. The number of carbonyl (C=O) groups is 1. The second kappa shape index (κ2) is 9.12. The van der Waals surface area contributed by atoms with Gasteiger partial charge < -0.3 is 20.6 Å². The molecular formula is C25H44ClNO4. The maximum Gasteiger partial charge on any atom is 0.307 e. The number of hydrogen-bond acceptors (Lipinski definition) is 4. The van der Waals surface area contributed by atoms with E-state index in [1.54, 1.807) is 0 Å². The molecule has 0 radical (unpaired) electrons.